The molecule has 4 rings (SSSR count). The Morgan fingerprint density at radius 1 is 1.05 bits per heavy atom. The third-order valence-corrected chi connectivity index (χ3v) is 8.98. The lowest BCUT2D eigenvalue weighted by molar-refractivity contribution is -0.113. The van der Waals surface area contributed by atoms with Crippen LogP contribution in [0.4, 0.5) is 5.00 Å². The SMILES string of the molecule is CCOC(=O)c1sc(NC(=O)CSc2nc3c(c(=O)n2-c2ccc(OCC)cc2)SCC3)c(C(=O)OCC)c1C. The van der Waals surface area contributed by atoms with E-state index in [1.807, 2.05) is 6.92 Å². The Balaban J connectivity index is 1.60. The average molecular weight is 604 g/mol. The lowest BCUT2D eigenvalue weighted by Gasteiger charge is -2.14. The maximum atomic E-state index is 13.4. The fourth-order valence-corrected chi connectivity index (χ4v) is 6.97. The van der Waals surface area contributed by atoms with Gasteiger partial charge in [0.15, 0.2) is 5.16 Å². The number of rotatable bonds is 11. The quantitative estimate of drug-likeness (QED) is 0.187. The number of aromatic nitrogens is 2. The highest BCUT2D eigenvalue weighted by atomic mass is 32.2. The molecule has 0 saturated carbocycles. The maximum Gasteiger partial charge on any atom is 0.348 e. The molecule has 1 amide bonds. The standard InChI is InChI=1S/C27H29N3O7S3/c1-5-35-17-10-8-16(9-11-17)30-24(32)22-18(12-13-38-22)28-27(30)39-14-19(31)29-23-20(25(33)36-6-2)15(4)21(40-23)26(34)37-7-3/h8-11H,5-7,12-14H2,1-4H3,(H,29,31). The van der Waals surface area contributed by atoms with E-state index in [-0.39, 0.29) is 40.0 Å². The second-order valence-electron chi connectivity index (χ2n) is 8.37. The fourth-order valence-electron chi connectivity index (χ4n) is 4.01. The highest BCUT2D eigenvalue weighted by molar-refractivity contribution is 8.00. The number of carbonyl (C=O) groups is 3. The number of benzene rings is 1. The van der Waals surface area contributed by atoms with Gasteiger partial charge in [-0.2, -0.15) is 0 Å². The largest absolute Gasteiger partial charge is 0.494 e. The van der Waals surface area contributed by atoms with Crippen LogP contribution in [0.2, 0.25) is 0 Å². The first kappa shape index (κ1) is 29.7. The molecule has 0 radical (unpaired) electrons. The van der Waals surface area contributed by atoms with Crippen molar-refractivity contribution in [1.82, 2.24) is 9.55 Å². The molecular weight excluding hydrogens is 575 g/mol. The zero-order valence-corrected chi connectivity index (χ0v) is 25.0. The number of ether oxygens (including phenoxy) is 3. The number of carbonyl (C=O) groups excluding carboxylic acids is 3. The summed E-state index contributed by atoms with van der Waals surface area (Å²) < 4.78 is 17.3. The Morgan fingerprint density at radius 3 is 2.42 bits per heavy atom. The van der Waals surface area contributed by atoms with Crippen LogP contribution in [-0.2, 0) is 20.7 Å². The van der Waals surface area contributed by atoms with E-state index < -0.39 is 17.8 Å². The van der Waals surface area contributed by atoms with Crippen LogP contribution in [0.25, 0.3) is 5.69 Å². The van der Waals surface area contributed by atoms with Gasteiger partial charge in [-0.3, -0.25) is 14.2 Å². The predicted octanol–water partition coefficient (Wildman–Crippen LogP) is 4.73. The molecule has 0 aliphatic carbocycles. The molecular formula is C27H29N3O7S3. The van der Waals surface area contributed by atoms with E-state index in [1.165, 1.54) is 16.3 Å². The molecule has 1 N–H and O–H groups in total. The van der Waals surface area contributed by atoms with E-state index in [2.05, 4.69) is 5.32 Å². The van der Waals surface area contributed by atoms with Gasteiger partial charge < -0.3 is 19.5 Å². The second kappa shape index (κ2) is 13.4. The topological polar surface area (TPSA) is 126 Å². The summed E-state index contributed by atoms with van der Waals surface area (Å²) in [5.74, 6) is -0.297. The van der Waals surface area contributed by atoms with E-state index in [0.717, 1.165) is 34.5 Å². The van der Waals surface area contributed by atoms with E-state index in [1.54, 1.807) is 45.0 Å². The van der Waals surface area contributed by atoms with Crippen LogP contribution in [0.15, 0.2) is 39.1 Å². The van der Waals surface area contributed by atoms with Crippen molar-refractivity contribution in [3.05, 3.63) is 56.3 Å². The third kappa shape index (κ3) is 6.37. The number of hydrogen-bond donors (Lipinski definition) is 1. The number of esters is 2. The number of hydrogen-bond acceptors (Lipinski definition) is 11. The first-order chi connectivity index (χ1) is 19.3. The van der Waals surface area contributed by atoms with E-state index in [4.69, 9.17) is 19.2 Å². The number of fused-ring (bicyclic) bond motifs is 1. The molecule has 10 nitrogen and oxygen atoms in total. The summed E-state index contributed by atoms with van der Waals surface area (Å²) in [6.45, 7) is 7.70. The van der Waals surface area contributed by atoms with Crippen molar-refractivity contribution >= 4 is 57.7 Å². The van der Waals surface area contributed by atoms with Gasteiger partial charge in [-0.25, -0.2) is 14.6 Å². The molecule has 2 aromatic heterocycles. The van der Waals surface area contributed by atoms with Crippen LogP contribution in [-0.4, -0.2) is 58.7 Å². The lowest BCUT2D eigenvalue weighted by atomic mass is 10.1. The minimum Gasteiger partial charge on any atom is -0.494 e. The summed E-state index contributed by atoms with van der Waals surface area (Å²) in [6.07, 6.45) is 0.674. The summed E-state index contributed by atoms with van der Waals surface area (Å²) in [7, 11) is 0. The van der Waals surface area contributed by atoms with Crippen molar-refractivity contribution in [2.45, 2.75) is 44.2 Å². The normalized spacial score (nSPS) is 12.1. The Morgan fingerprint density at radius 2 is 1.75 bits per heavy atom. The molecule has 3 aromatic rings. The Hall–Kier alpha value is -3.29. The number of anilines is 1. The minimum atomic E-state index is -0.642. The van der Waals surface area contributed by atoms with Crippen LogP contribution < -0.4 is 15.6 Å². The van der Waals surface area contributed by atoms with Gasteiger partial charge in [-0.1, -0.05) is 11.8 Å². The van der Waals surface area contributed by atoms with Crippen molar-refractivity contribution in [3.63, 3.8) is 0 Å². The zero-order valence-electron chi connectivity index (χ0n) is 22.5. The molecule has 3 heterocycles. The Bertz CT molecular complexity index is 1480. The third-order valence-electron chi connectivity index (χ3n) is 5.74. The van der Waals surface area contributed by atoms with Gasteiger partial charge in [0.25, 0.3) is 5.56 Å². The van der Waals surface area contributed by atoms with Gasteiger partial charge in [0.1, 0.15) is 15.6 Å². The summed E-state index contributed by atoms with van der Waals surface area (Å²) >= 11 is 3.55. The van der Waals surface area contributed by atoms with Crippen LogP contribution in [0.3, 0.4) is 0 Å². The lowest BCUT2D eigenvalue weighted by Crippen LogP contribution is -2.24. The molecule has 0 fully saturated rings. The number of aryl methyl sites for hydroxylation is 1. The zero-order chi connectivity index (χ0) is 28.8. The summed E-state index contributed by atoms with van der Waals surface area (Å²) in [4.78, 5) is 57.2. The van der Waals surface area contributed by atoms with Gasteiger partial charge in [0, 0.05) is 12.2 Å². The average Bonchev–Trinajstić information content (AvgIpc) is 3.53. The molecule has 0 unspecified atom stereocenters. The van der Waals surface area contributed by atoms with Crippen LogP contribution in [0, 0.1) is 6.92 Å². The number of nitrogens with one attached hydrogen (secondary N) is 1. The molecule has 0 atom stereocenters. The fraction of sp³-hybridized carbons (Fsp3) is 0.370. The van der Waals surface area contributed by atoms with Gasteiger partial charge in [-0.05, 0) is 57.5 Å². The molecule has 1 aromatic carbocycles. The molecule has 0 spiro atoms. The number of thioether (sulfide) groups is 2. The molecule has 212 valence electrons. The predicted molar refractivity (Wildman–Crippen MR) is 156 cm³/mol. The van der Waals surface area contributed by atoms with Crippen molar-refractivity contribution in [1.29, 1.82) is 0 Å². The van der Waals surface area contributed by atoms with Crippen molar-refractivity contribution in [2.75, 3.05) is 36.6 Å². The van der Waals surface area contributed by atoms with E-state index >= 15 is 0 Å². The smallest absolute Gasteiger partial charge is 0.348 e. The molecule has 40 heavy (non-hydrogen) atoms. The number of thiophene rings is 1. The van der Waals surface area contributed by atoms with Gasteiger partial charge in [-0.15, -0.1) is 23.1 Å². The Labute approximate surface area is 243 Å². The van der Waals surface area contributed by atoms with Crippen molar-refractivity contribution < 1.29 is 28.6 Å². The number of nitrogens with zero attached hydrogens (tertiary/aromatic N) is 2. The first-order valence-electron chi connectivity index (χ1n) is 12.7. The van der Waals surface area contributed by atoms with E-state index in [9.17, 15) is 19.2 Å². The highest BCUT2D eigenvalue weighted by Gasteiger charge is 2.28. The van der Waals surface area contributed by atoms with Crippen LogP contribution in [0.5, 0.6) is 5.75 Å². The minimum absolute atomic E-state index is 0.0939. The molecule has 1 aliphatic rings. The van der Waals surface area contributed by atoms with Crippen molar-refractivity contribution in [3.8, 4) is 11.4 Å². The summed E-state index contributed by atoms with van der Waals surface area (Å²) in [5, 5.41) is 3.32. The Kier molecular flexibility index (Phi) is 9.93. The monoisotopic (exact) mass is 603 g/mol. The summed E-state index contributed by atoms with van der Waals surface area (Å²) in [6, 6.07) is 7.12. The molecule has 0 bridgehead atoms. The molecule has 13 heteroatoms. The van der Waals surface area contributed by atoms with E-state index in [0.29, 0.717) is 40.1 Å². The van der Waals surface area contributed by atoms with Gasteiger partial charge >= 0.3 is 11.9 Å². The molecule has 1 aliphatic heterocycles. The number of amides is 1. The molecule has 0 saturated heterocycles. The maximum absolute atomic E-state index is 13.4. The van der Waals surface area contributed by atoms with Crippen LogP contribution >= 0.6 is 34.9 Å². The first-order valence-corrected chi connectivity index (χ1v) is 15.5. The van der Waals surface area contributed by atoms with Crippen LogP contribution in [0.1, 0.15) is 52.1 Å². The summed E-state index contributed by atoms with van der Waals surface area (Å²) in [5.41, 5.74) is 1.64. The second-order valence-corrected chi connectivity index (χ2v) is 11.4. The highest BCUT2D eigenvalue weighted by Crippen LogP contribution is 2.35. The van der Waals surface area contributed by atoms with Crippen molar-refractivity contribution in [2.24, 2.45) is 0 Å². The van der Waals surface area contributed by atoms with Gasteiger partial charge in [0.05, 0.1) is 47.4 Å². The van der Waals surface area contributed by atoms with Gasteiger partial charge in [0.2, 0.25) is 5.91 Å².